The first-order chi connectivity index (χ1) is 7.65. The molecule has 5 heteroatoms. The van der Waals surface area contributed by atoms with Crippen molar-refractivity contribution in [2.45, 2.75) is 52.5 Å². The lowest BCUT2D eigenvalue weighted by Crippen LogP contribution is -2.21. The number of hydrogen-bond donors (Lipinski definition) is 0. The van der Waals surface area contributed by atoms with Gasteiger partial charge in [-0.25, -0.2) is 0 Å². The molecule has 0 aromatic rings. The second kappa shape index (κ2) is 9.04. The third kappa shape index (κ3) is 6.30. The molecule has 0 aromatic heterocycles. The molecule has 0 aliphatic carbocycles. The van der Waals surface area contributed by atoms with Crippen molar-refractivity contribution < 1.29 is 9.53 Å². The Morgan fingerprint density at radius 2 is 2.19 bits per heavy atom. The van der Waals surface area contributed by atoms with Crippen LogP contribution in [0.4, 0.5) is 0 Å². The molecular formula is C11H21N3O2. The third-order valence-electron chi connectivity index (χ3n) is 2.55. The van der Waals surface area contributed by atoms with Crippen molar-refractivity contribution in [2.75, 3.05) is 6.61 Å². The van der Waals surface area contributed by atoms with E-state index in [1.54, 1.807) is 6.92 Å². The summed E-state index contributed by atoms with van der Waals surface area (Å²) in [5, 5.41) is 3.68. The minimum atomic E-state index is -0.289. The molecule has 0 radical (unpaired) electrons. The second-order valence-electron chi connectivity index (χ2n) is 3.90. The standard InChI is InChI=1S/C11H21N3O2/c1-4-6-7-9(3)10(13-14-12)8-11(15)16-5-2/h9-10H,4-8H2,1-3H3/t9-,10-/m0/s1. The van der Waals surface area contributed by atoms with Gasteiger partial charge in [-0.1, -0.05) is 38.2 Å². The Balaban J connectivity index is 4.24. The van der Waals surface area contributed by atoms with Crippen molar-refractivity contribution in [3.63, 3.8) is 0 Å². The highest BCUT2D eigenvalue weighted by Gasteiger charge is 2.19. The Morgan fingerprint density at radius 3 is 2.69 bits per heavy atom. The zero-order valence-corrected chi connectivity index (χ0v) is 10.3. The monoisotopic (exact) mass is 227 g/mol. The predicted molar refractivity (Wildman–Crippen MR) is 62.9 cm³/mol. The van der Waals surface area contributed by atoms with Crippen LogP contribution in [0.2, 0.25) is 0 Å². The molecule has 0 fully saturated rings. The van der Waals surface area contributed by atoms with Crippen LogP contribution >= 0.6 is 0 Å². The molecule has 0 bridgehead atoms. The molecule has 0 unspecified atom stereocenters. The molecule has 0 aliphatic heterocycles. The summed E-state index contributed by atoms with van der Waals surface area (Å²) in [6.07, 6.45) is 3.34. The normalized spacial score (nSPS) is 13.7. The Hall–Kier alpha value is -1.22. The predicted octanol–water partition coefficient (Wildman–Crippen LogP) is 3.44. The summed E-state index contributed by atoms with van der Waals surface area (Å²) < 4.78 is 4.85. The molecule has 2 atom stereocenters. The van der Waals surface area contributed by atoms with E-state index in [0.717, 1.165) is 19.3 Å². The average Bonchev–Trinajstić information content (AvgIpc) is 2.25. The fourth-order valence-corrected chi connectivity index (χ4v) is 1.53. The molecule has 0 spiro atoms. The fourth-order valence-electron chi connectivity index (χ4n) is 1.53. The first-order valence-electron chi connectivity index (χ1n) is 5.85. The largest absolute Gasteiger partial charge is 0.466 e. The second-order valence-corrected chi connectivity index (χ2v) is 3.90. The highest BCUT2D eigenvalue weighted by atomic mass is 16.5. The first kappa shape index (κ1) is 14.8. The summed E-state index contributed by atoms with van der Waals surface area (Å²) in [5.74, 6) is -0.0662. The van der Waals surface area contributed by atoms with Crippen LogP contribution in [0, 0.1) is 5.92 Å². The number of unbranched alkanes of at least 4 members (excludes halogenated alkanes) is 1. The van der Waals surface area contributed by atoms with Crippen LogP contribution in [0.1, 0.15) is 46.5 Å². The van der Waals surface area contributed by atoms with Gasteiger partial charge in [-0.15, -0.1) is 0 Å². The van der Waals surface area contributed by atoms with Crippen molar-refractivity contribution >= 4 is 5.97 Å². The summed E-state index contributed by atoms with van der Waals surface area (Å²) in [7, 11) is 0. The lowest BCUT2D eigenvalue weighted by Gasteiger charge is -2.18. The number of carbonyl (C=O) groups is 1. The minimum Gasteiger partial charge on any atom is -0.466 e. The minimum absolute atomic E-state index is 0.183. The molecule has 0 amide bonds. The van der Waals surface area contributed by atoms with E-state index in [9.17, 15) is 4.79 Å². The Bertz CT molecular complexity index is 250. The maximum atomic E-state index is 11.3. The summed E-state index contributed by atoms with van der Waals surface area (Å²) in [6.45, 7) is 6.25. The molecule has 0 saturated heterocycles. The molecule has 0 aliphatic rings. The van der Waals surface area contributed by atoms with Gasteiger partial charge in [-0.2, -0.15) is 0 Å². The maximum absolute atomic E-state index is 11.3. The van der Waals surface area contributed by atoms with E-state index in [1.165, 1.54) is 0 Å². The van der Waals surface area contributed by atoms with Crippen molar-refractivity contribution in [3.05, 3.63) is 10.4 Å². The summed E-state index contributed by atoms with van der Waals surface area (Å²) in [4.78, 5) is 14.1. The number of rotatable bonds is 8. The van der Waals surface area contributed by atoms with Crippen molar-refractivity contribution in [1.29, 1.82) is 0 Å². The van der Waals surface area contributed by atoms with Gasteiger partial charge in [0.25, 0.3) is 0 Å². The number of azide groups is 1. The smallest absolute Gasteiger partial charge is 0.306 e. The topological polar surface area (TPSA) is 75.1 Å². The third-order valence-corrected chi connectivity index (χ3v) is 2.55. The van der Waals surface area contributed by atoms with Gasteiger partial charge in [-0.05, 0) is 18.4 Å². The van der Waals surface area contributed by atoms with Crippen LogP contribution < -0.4 is 0 Å². The van der Waals surface area contributed by atoms with Crippen LogP contribution in [0.25, 0.3) is 10.4 Å². The molecule has 92 valence electrons. The maximum Gasteiger partial charge on any atom is 0.306 e. The van der Waals surface area contributed by atoms with Gasteiger partial charge in [0.05, 0.1) is 19.1 Å². The van der Waals surface area contributed by atoms with Crippen LogP contribution in [0.5, 0.6) is 0 Å². The molecule has 0 heterocycles. The lowest BCUT2D eigenvalue weighted by molar-refractivity contribution is -0.143. The number of ether oxygens (including phenoxy) is 1. The van der Waals surface area contributed by atoms with Gasteiger partial charge in [0, 0.05) is 4.91 Å². The quantitative estimate of drug-likeness (QED) is 0.275. The van der Waals surface area contributed by atoms with Crippen molar-refractivity contribution in [3.8, 4) is 0 Å². The van der Waals surface area contributed by atoms with Crippen LogP contribution in [-0.4, -0.2) is 18.6 Å². The van der Waals surface area contributed by atoms with E-state index in [0.29, 0.717) is 6.61 Å². The van der Waals surface area contributed by atoms with E-state index in [2.05, 4.69) is 16.9 Å². The fraction of sp³-hybridized carbons (Fsp3) is 0.909. The van der Waals surface area contributed by atoms with Gasteiger partial charge >= 0.3 is 5.97 Å². The van der Waals surface area contributed by atoms with Gasteiger partial charge in [0.15, 0.2) is 0 Å². The van der Waals surface area contributed by atoms with Gasteiger partial charge in [0.1, 0.15) is 0 Å². The molecule has 0 saturated carbocycles. The Kier molecular flexibility index (Phi) is 8.35. The van der Waals surface area contributed by atoms with Gasteiger partial charge < -0.3 is 4.74 Å². The van der Waals surface area contributed by atoms with Gasteiger partial charge in [-0.3, -0.25) is 4.79 Å². The van der Waals surface area contributed by atoms with E-state index in [4.69, 9.17) is 10.3 Å². The Labute approximate surface area is 96.8 Å². The van der Waals surface area contributed by atoms with Gasteiger partial charge in [0.2, 0.25) is 0 Å². The zero-order chi connectivity index (χ0) is 12.4. The molecular weight excluding hydrogens is 206 g/mol. The van der Waals surface area contributed by atoms with E-state index >= 15 is 0 Å². The molecule has 0 rings (SSSR count). The molecule has 0 N–H and O–H groups in total. The van der Waals surface area contributed by atoms with Crippen LogP contribution in [0.15, 0.2) is 5.11 Å². The van der Waals surface area contributed by atoms with E-state index < -0.39 is 0 Å². The number of esters is 1. The van der Waals surface area contributed by atoms with E-state index in [1.807, 2.05) is 6.92 Å². The summed E-state index contributed by atoms with van der Waals surface area (Å²) in [6, 6.07) is -0.282. The molecule has 0 aromatic carbocycles. The SMILES string of the molecule is CCCC[C@H](C)[C@H](CC(=O)OCC)N=[N+]=[N-]. The number of nitrogens with zero attached hydrogens (tertiary/aromatic N) is 3. The summed E-state index contributed by atoms with van der Waals surface area (Å²) >= 11 is 0. The number of hydrogen-bond acceptors (Lipinski definition) is 3. The summed E-state index contributed by atoms with van der Waals surface area (Å²) in [5.41, 5.74) is 8.46. The van der Waals surface area contributed by atoms with E-state index in [-0.39, 0.29) is 24.3 Å². The highest BCUT2D eigenvalue weighted by Crippen LogP contribution is 2.18. The van der Waals surface area contributed by atoms with Crippen molar-refractivity contribution in [1.82, 2.24) is 0 Å². The lowest BCUT2D eigenvalue weighted by atomic mass is 9.94. The average molecular weight is 227 g/mol. The highest BCUT2D eigenvalue weighted by molar-refractivity contribution is 5.70. The Morgan fingerprint density at radius 1 is 1.50 bits per heavy atom. The molecule has 16 heavy (non-hydrogen) atoms. The van der Waals surface area contributed by atoms with Crippen LogP contribution in [0.3, 0.4) is 0 Å². The zero-order valence-electron chi connectivity index (χ0n) is 10.3. The van der Waals surface area contributed by atoms with Crippen LogP contribution in [-0.2, 0) is 9.53 Å². The van der Waals surface area contributed by atoms with Crippen molar-refractivity contribution in [2.24, 2.45) is 11.0 Å². The molecule has 5 nitrogen and oxygen atoms in total. The first-order valence-corrected chi connectivity index (χ1v) is 5.85. The number of carbonyl (C=O) groups excluding carboxylic acids is 1.